The second-order valence-corrected chi connectivity index (χ2v) is 11.8. The van der Waals surface area contributed by atoms with Gasteiger partial charge in [0, 0.05) is 26.9 Å². The Bertz CT molecular complexity index is 1540. The van der Waals surface area contributed by atoms with Crippen molar-refractivity contribution in [2.45, 2.75) is 32.6 Å². The van der Waals surface area contributed by atoms with Gasteiger partial charge in [-0.1, -0.05) is 84.8 Å². The standard InChI is InChI=1S/C35H32BrNO/c1-23-5-19-31-32-20-16-29(22-34(32)35(2,3)33(31)21-23)37(28-14-17-30(38-4)18-15-28)27-12-8-25(9-13-27)24-6-10-26(36)11-7-24/h5-20,22-23H,21H2,1-4H3. The van der Waals surface area contributed by atoms with Gasteiger partial charge in [0.15, 0.2) is 0 Å². The number of methoxy groups -OCH3 is 1. The maximum absolute atomic E-state index is 5.45. The number of benzene rings is 4. The molecule has 6 rings (SSSR count). The predicted octanol–water partition coefficient (Wildman–Crippen LogP) is 10.2. The third-order valence-electron chi connectivity index (χ3n) is 8.06. The first-order valence-corrected chi connectivity index (χ1v) is 14.0. The summed E-state index contributed by atoms with van der Waals surface area (Å²) in [6, 6.07) is 32.6. The number of rotatable bonds is 5. The average Bonchev–Trinajstić information content (AvgIpc) is 3.16. The van der Waals surface area contributed by atoms with Gasteiger partial charge >= 0.3 is 0 Å². The second kappa shape index (κ2) is 9.63. The first-order valence-electron chi connectivity index (χ1n) is 13.2. The van der Waals surface area contributed by atoms with E-state index in [2.05, 4.69) is 133 Å². The summed E-state index contributed by atoms with van der Waals surface area (Å²) in [5, 5.41) is 0. The fourth-order valence-electron chi connectivity index (χ4n) is 5.91. The van der Waals surface area contributed by atoms with Gasteiger partial charge in [-0.15, -0.1) is 0 Å². The fraction of sp³-hybridized carbons (Fsp3) is 0.200. The van der Waals surface area contributed by atoms with E-state index in [9.17, 15) is 0 Å². The van der Waals surface area contributed by atoms with Crippen LogP contribution in [0, 0.1) is 5.92 Å². The van der Waals surface area contributed by atoms with Crippen molar-refractivity contribution in [3.63, 3.8) is 0 Å². The van der Waals surface area contributed by atoms with E-state index >= 15 is 0 Å². The van der Waals surface area contributed by atoms with Gasteiger partial charge in [0.25, 0.3) is 0 Å². The monoisotopic (exact) mass is 561 g/mol. The minimum atomic E-state index is 0.0106. The first kappa shape index (κ1) is 24.8. The summed E-state index contributed by atoms with van der Waals surface area (Å²) in [5.74, 6) is 1.44. The van der Waals surface area contributed by atoms with E-state index in [0.717, 1.165) is 33.7 Å². The van der Waals surface area contributed by atoms with Crippen molar-refractivity contribution in [2.75, 3.05) is 12.0 Å². The molecule has 2 aliphatic carbocycles. The van der Waals surface area contributed by atoms with Crippen LogP contribution >= 0.6 is 15.9 Å². The van der Waals surface area contributed by atoms with Crippen LogP contribution in [-0.2, 0) is 5.41 Å². The van der Waals surface area contributed by atoms with Crippen LogP contribution in [0.1, 0.15) is 38.3 Å². The molecule has 0 N–H and O–H groups in total. The number of allylic oxidation sites excluding steroid dienone is 4. The smallest absolute Gasteiger partial charge is 0.119 e. The van der Waals surface area contributed by atoms with E-state index < -0.39 is 0 Å². The summed E-state index contributed by atoms with van der Waals surface area (Å²) >= 11 is 3.54. The molecule has 0 saturated heterocycles. The topological polar surface area (TPSA) is 12.5 Å². The van der Waals surface area contributed by atoms with E-state index in [1.807, 2.05) is 12.1 Å². The maximum Gasteiger partial charge on any atom is 0.119 e. The van der Waals surface area contributed by atoms with E-state index in [0.29, 0.717) is 5.92 Å². The molecular weight excluding hydrogens is 530 g/mol. The molecule has 4 aromatic carbocycles. The third kappa shape index (κ3) is 4.29. The lowest BCUT2D eigenvalue weighted by molar-refractivity contribution is 0.415. The molecule has 0 bridgehead atoms. The minimum Gasteiger partial charge on any atom is -0.497 e. The highest BCUT2D eigenvalue weighted by Gasteiger charge is 2.38. The molecule has 0 heterocycles. The SMILES string of the molecule is COc1ccc(N(c2ccc(-c3ccc(Br)cc3)cc2)c2ccc3c(c2)C(C)(C)C2=C3C=CC(C)C2)cc1. The van der Waals surface area contributed by atoms with Crippen LogP contribution in [0.3, 0.4) is 0 Å². The van der Waals surface area contributed by atoms with E-state index in [4.69, 9.17) is 4.74 Å². The molecule has 0 fully saturated rings. The van der Waals surface area contributed by atoms with Crippen LogP contribution < -0.4 is 9.64 Å². The lowest BCUT2D eigenvalue weighted by Crippen LogP contribution is -2.20. The zero-order chi connectivity index (χ0) is 26.4. The number of hydrogen-bond donors (Lipinski definition) is 0. The van der Waals surface area contributed by atoms with Gasteiger partial charge in [0.2, 0.25) is 0 Å². The number of nitrogens with zero attached hydrogens (tertiary/aromatic N) is 1. The van der Waals surface area contributed by atoms with Crippen molar-refractivity contribution in [1.82, 2.24) is 0 Å². The highest BCUT2D eigenvalue weighted by atomic mass is 79.9. The summed E-state index contributed by atoms with van der Waals surface area (Å²) in [4.78, 5) is 2.34. The molecule has 38 heavy (non-hydrogen) atoms. The first-order chi connectivity index (χ1) is 18.3. The molecule has 2 nitrogen and oxygen atoms in total. The summed E-state index contributed by atoms with van der Waals surface area (Å²) in [6.45, 7) is 7.08. The van der Waals surface area contributed by atoms with Gasteiger partial charge in [-0.2, -0.15) is 0 Å². The highest BCUT2D eigenvalue weighted by Crippen LogP contribution is 2.52. The van der Waals surface area contributed by atoms with E-state index in [1.165, 1.54) is 27.8 Å². The van der Waals surface area contributed by atoms with Crippen molar-refractivity contribution in [1.29, 1.82) is 0 Å². The molecule has 0 aliphatic heterocycles. The molecule has 190 valence electrons. The Morgan fingerprint density at radius 1 is 0.789 bits per heavy atom. The Balaban J connectivity index is 1.43. The molecule has 0 aromatic heterocycles. The molecule has 4 aromatic rings. The Morgan fingerprint density at radius 2 is 1.37 bits per heavy atom. The van der Waals surface area contributed by atoms with Crippen molar-refractivity contribution in [3.8, 4) is 16.9 Å². The molecule has 1 unspecified atom stereocenters. The second-order valence-electron chi connectivity index (χ2n) is 10.9. The molecule has 0 saturated carbocycles. The summed E-state index contributed by atoms with van der Waals surface area (Å²) < 4.78 is 6.54. The number of hydrogen-bond acceptors (Lipinski definition) is 2. The zero-order valence-corrected chi connectivity index (χ0v) is 23.9. The van der Waals surface area contributed by atoms with Gasteiger partial charge in [-0.05, 0) is 101 Å². The number of ether oxygens (including phenoxy) is 1. The Hall–Kier alpha value is -3.56. The van der Waals surface area contributed by atoms with Crippen molar-refractivity contribution < 1.29 is 4.74 Å². The van der Waals surface area contributed by atoms with Crippen molar-refractivity contribution in [2.24, 2.45) is 5.92 Å². The van der Waals surface area contributed by atoms with Crippen LogP contribution in [0.4, 0.5) is 17.1 Å². The molecule has 0 radical (unpaired) electrons. The Kier molecular flexibility index (Phi) is 6.28. The lowest BCUT2D eigenvalue weighted by Gasteiger charge is -2.30. The highest BCUT2D eigenvalue weighted by molar-refractivity contribution is 9.10. The van der Waals surface area contributed by atoms with E-state index in [-0.39, 0.29) is 5.41 Å². The van der Waals surface area contributed by atoms with Crippen LogP contribution in [0.15, 0.2) is 113 Å². The summed E-state index contributed by atoms with van der Waals surface area (Å²) in [6.07, 6.45) is 5.83. The molecule has 2 aliphatic rings. The quantitative estimate of drug-likeness (QED) is 0.240. The molecule has 1 atom stereocenters. The minimum absolute atomic E-state index is 0.0106. The van der Waals surface area contributed by atoms with Crippen LogP contribution in [0.2, 0.25) is 0 Å². The average molecular weight is 563 g/mol. The molecule has 3 heteroatoms. The molecule has 0 amide bonds. The van der Waals surface area contributed by atoms with Crippen molar-refractivity contribution in [3.05, 3.63) is 124 Å². The van der Waals surface area contributed by atoms with Gasteiger partial charge in [0.1, 0.15) is 5.75 Å². The normalized spacial score (nSPS) is 17.2. The molecule has 0 spiro atoms. The van der Waals surface area contributed by atoms with E-state index in [1.54, 1.807) is 12.7 Å². The van der Waals surface area contributed by atoms with Gasteiger partial charge in [0.05, 0.1) is 7.11 Å². The van der Waals surface area contributed by atoms with Crippen molar-refractivity contribution >= 4 is 38.6 Å². The zero-order valence-electron chi connectivity index (χ0n) is 22.3. The van der Waals surface area contributed by atoms with Gasteiger partial charge in [-0.25, -0.2) is 0 Å². The number of anilines is 3. The van der Waals surface area contributed by atoms with Crippen LogP contribution in [0.5, 0.6) is 5.75 Å². The maximum atomic E-state index is 5.45. The number of halogens is 1. The van der Waals surface area contributed by atoms with Gasteiger partial charge in [-0.3, -0.25) is 0 Å². The van der Waals surface area contributed by atoms with Crippen LogP contribution in [-0.4, -0.2) is 7.11 Å². The summed E-state index contributed by atoms with van der Waals surface area (Å²) in [7, 11) is 1.71. The molecular formula is C35H32BrNO. The largest absolute Gasteiger partial charge is 0.497 e. The lowest BCUT2D eigenvalue weighted by atomic mass is 9.76. The van der Waals surface area contributed by atoms with Crippen LogP contribution in [0.25, 0.3) is 16.7 Å². The Morgan fingerprint density at radius 3 is 2.00 bits per heavy atom. The third-order valence-corrected chi connectivity index (χ3v) is 8.58. The van der Waals surface area contributed by atoms with Gasteiger partial charge < -0.3 is 9.64 Å². The number of fused-ring (bicyclic) bond motifs is 2. The predicted molar refractivity (Wildman–Crippen MR) is 164 cm³/mol. The Labute approximate surface area is 234 Å². The summed E-state index contributed by atoms with van der Waals surface area (Å²) in [5.41, 5.74) is 11.6. The fourth-order valence-corrected chi connectivity index (χ4v) is 6.18.